The second kappa shape index (κ2) is 5.09. The summed E-state index contributed by atoms with van der Waals surface area (Å²) in [7, 11) is 0. The summed E-state index contributed by atoms with van der Waals surface area (Å²) < 4.78 is 35.6. The summed E-state index contributed by atoms with van der Waals surface area (Å²) in [5.41, 5.74) is 0. The first-order valence-electron chi connectivity index (χ1n) is 5.16. The first-order chi connectivity index (χ1) is 8.15. The van der Waals surface area contributed by atoms with Crippen molar-refractivity contribution < 1.29 is 23.0 Å². The van der Waals surface area contributed by atoms with E-state index < -0.39 is 17.7 Å². The van der Waals surface area contributed by atoms with Crippen molar-refractivity contribution in [3.05, 3.63) is 29.8 Å². The number of rotatable bonds is 1. The largest absolute Gasteiger partial charge is 0.415 e. The molecule has 17 heavy (non-hydrogen) atoms. The van der Waals surface area contributed by atoms with Crippen LogP contribution in [0.25, 0.3) is 0 Å². The van der Waals surface area contributed by atoms with Gasteiger partial charge in [0, 0.05) is 31.3 Å². The molecule has 1 saturated heterocycles. The Morgan fingerprint density at radius 3 is 2.35 bits per heavy atom. The van der Waals surface area contributed by atoms with Crippen LogP contribution in [-0.2, 0) is 4.74 Å². The van der Waals surface area contributed by atoms with Gasteiger partial charge < -0.3 is 14.4 Å². The molecule has 1 heterocycles. The van der Waals surface area contributed by atoms with Crippen molar-refractivity contribution >= 4 is 6.09 Å². The molecule has 0 bridgehead atoms. The molecule has 0 aliphatic carbocycles. The van der Waals surface area contributed by atoms with Gasteiger partial charge in [0.2, 0.25) is 0 Å². The molecule has 1 aromatic rings. The van der Waals surface area contributed by atoms with Crippen LogP contribution in [0.2, 0.25) is 0 Å². The van der Waals surface area contributed by atoms with Crippen LogP contribution in [0.15, 0.2) is 18.2 Å². The summed E-state index contributed by atoms with van der Waals surface area (Å²) in [5, 5.41) is 0. The van der Waals surface area contributed by atoms with Gasteiger partial charge in [-0.05, 0) is 0 Å². The Bertz CT molecular complexity index is 399. The van der Waals surface area contributed by atoms with Crippen molar-refractivity contribution in [1.29, 1.82) is 0 Å². The maximum absolute atomic E-state index is 12.9. The summed E-state index contributed by atoms with van der Waals surface area (Å²) in [6.07, 6.45) is -0.627. The molecule has 2 rings (SSSR count). The lowest BCUT2D eigenvalue weighted by molar-refractivity contribution is 0.0415. The average molecular weight is 243 g/mol. The molecule has 1 amide bonds. The molecule has 0 N–H and O–H groups in total. The molecule has 0 saturated carbocycles. The average Bonchev–Trinajstić information content (AvgIpc) is 2.28. The smallest absolute Gasteiger partial charge is 0.410 e. The molecule has 1 aliphatic heterocycles. The van der Waals surface area contributed by atoms with Gasteiger partial charge >= 0.3 is 6.09 Å². The summed E-state index contributed by atoms with van der Waals surface area (Å²) in [6.45, 7) is 1.70. The topological polar surface area (TPSA) is 38.8 Å². The number of hydrogen-bond donors (Lipinski definition) is 0. The first-order valence-corrected chi connectivity index (χ1v) is 5.16. The van der Waals surface area contributed by atoms with Gasteiger partial charge in [-0.2, -0.15) is 0 Å². The van der Waals surface area contributed by atoms with Crippen molar-refractivity contribution in [2.24, 2.45) is 0 Å². The van der Waals surface area contributed by atoms with Crippen molar-refractivity contribution in [3.8, 4) is 5.75 Å². The maximum atomic E-state index is 12.9. The van der Waals surface area contributed by atoms with Gasteiger partial charge in [0.15, 0.2) is 0 Å². The van der Waals surface area contributed by atoms with Crippen LogP contribution in [0, 0.1) is 11.6 Å². The van der Waals surface area contributed by atoms with E-state index in [0.717, 1.165) is 12.1 Å². The van der Waals surface area contributed by atoms with E-state index in [1.165, 1.54) is 4.90 Å². The highest BCUT2D eigenvalue weighted by Gasteiger charge is 2.19. The van der Waals surface area contributed by atoms with Gasteiger partial charge in [-0.3, -0.25) is 0 Å². The van der Waals surface area contributed by atoms with Gasteiger partial charge in [-0.25, -0.2) is 13.6 Å². The highest BCUT2D eigenvalue weighted by atomic mass is 19.1. The Morgan fingerprint density at radius 2 is 1.76 bits per heavy atom. The predicted octanol–water partition coefficient (Wildman–Crippen LogP) is 1.80. The third kappa shape index (κ3) is 3.13. The number of nitrogens with zero attached hydrogens (tertiary/aromatic N) is 1. The molecule has 1 aromatic carbocycles. The lowest BCUT2D eigenvalue weighted by atomic mass is 10.3. The number of carbonyl (C=O) groups is 1. The number of carbonyl (C=O) groups excluding carboxylic acids is 1. The molecular formula is C11H11F2NO3. The molecule has 4 nitrogen and oxygen atoms in total. The van der Waals surface area contributed by atoms with E-state index in [0.29, 0.717) is 32.4 Å². The van der Waals surface area contributed by atoms with Gasteiger partial charge in [0.05, 0.1) is 13.2 Å². The summed E-state index contributed by atoms with van der Waals surface area (Å²) in [4.78, 5) is 13.0. The zero-order valence-corrected chi connectivity index (χ0v) is 8.99. The Kier molecular flexibility index (Phi) is 3.53. The van der Waals surface area contributed by atoms with Crippen molar-refractivity contribution in [2.45, 2.75) is 0 Å². The highest BCUT2D eigenvalue weighted by Crippen LogP contribution is 2.16. The monoisotopic (exact) mass is 243 g/mol. The SMILES string of the molecule is O=C(Oc1cc(F)cc(F)c1)N1CCOCC1. The molecule has 0 aromatic heterocycles. The number of morpholine rings is 1. The van der Waals surface area contributed by atoms with Crippen molar-refractivity contribution in [2.75, 3.05) is 26.3 Å². The molecule has 1 fully saturated rings. The molecule has 0 radical (unpaired) electrons. The van der Waals surface area contributed by atoms with Crippen LogP contribution in [0.1, 0.15) is 0 Å². The van der Waals surface area contributed by atoms with E-state index >= 15 is 0 Å². The quantitative estimate of drug-likeness (QED) is 0.754. The number of benzene rings is 1. The lowest BCUT2D eigenvalue weighted by Crippen LogP contribution is -2.42. The van der Waals surface area contributed by atoms with Gasteiger partial charge in [0.25, 0.3) is 0 Å². The predicted molar refractivity (Wildman–Crippen MR) is 54.8 cm³/mol. The summed E-state index contributed by atoms with van der Waals surface area (Å²) in [6, 6.07) is 2.63. The van der Waals surface area contributed by atoms with E-state index in [1.807, 2.05) is 0 Å². The van der Waals surface area contributed by atoms with Crippen LogP contribution in [0.5, 0.6) is 5.75 Å². The summed E-state index contributed by atoms with van der Waals surface area (Å²) in [5.74, 6) is -1.71. The Morgan fingerprint density at radius 1 is 1.18 bits per heavy atom. The Hall–Kier alpha value is -1.69. The van der Waals surface area contributed by atoms with Crippen LogP contribution in [0.4, 0.5) is 13.6 Å². The van der Waals surface area contributed by atoms with E-state index in [-0.39, 0.29) is 5.75 Å². The third-order valence-electron chi connectivity index (χ3n) is 2.31. The first kappa shape index (κ1) is 11.8. The molecule has 0 atom stereocenters. The molecule has 0 spiro atoms. The fraction of sp³-hybridized carbons (Fsp3) is 0.364. The highest BCUT2D eigenvalue weighted by molar-refractivity contribution is 5.70. The number of hydrogen-bond acceptors (Lipinski definition) is 3. The zero-order valence-electron chi connectivity index (χ0n) is 8.99. The molecule has 92 valence electrons. The molecule has 1 aliphatic rings. The minimum absolute atomic E-state index is 0.140. The fourth-order valence-electron chi connectivity index (χ4n) is 1.50. The van der Waals surface area contributed by atoms with Gasteiger partial charge in [0.1, 0.15) is 17.4 Å². The van der Waals surface area contributed by atoms with Crippen LogP contribution >= 0.6 is 0 Å². The third-order valence-corrected chi connectivity index (χ3v) is 2.31. The van der Waals surface area contributed by atoms with Gasteiger partial charge in [-0.15, -0.1) is 0 Å². The minimum atomic E-state index is -0.783. The molecule has 0 unspecified atom stereocenters. The maximum Gasteiger partial charge on any atom is 0.415 e. The zero-order chi connectivity index (χ0) is 12.3. The number of ether oxygens (including phenoxy) is 2. The number of amides is 1. The second-order valence-corrected chi connectivity index (χ2v) is 3.57. The minimum Gasteiger partial charge on any atom is -0.410 e. The van der Waals surface area contributed by atoms with E-state index in [9.17, 15) is 13.6 Å². The van der Waals surface area contributed by atoms with Crippen molar-refractivity contribution in [3.63, 3.8) is 0 Å². The second-order valence-electron chi connectivity index (χ2n) is 3.57. The van der Waals surface area contributed by atoms with Crippen molar-refractivity contribution in [1.82, 2.24) is 4.90 Å². The van der Waals surface area contributed by atoms with E-state index in [1.54, 1.807) is 0 Å². The fourth-order valence-corrected chi connectivity index (χ4v) is 1.50. The Labute approximate surface area is 96.7 Å². The van der Waals surface area contributed by atoms with E-state index in [2.05, 4.69) is 0 Å². The molecule has 6 heteroatoms. The normalized spacial score (nSPS) is 15.8. The standard InChI is InChI=1S/C11H11F2NO3/c12-8-5-9(13)7-10(6-8)17-11(15)14-1-3-16-4-2-14/h5-7H,1-4H2. The van der Waals surface area contributed by atoms with Gasteiger partial charge in [-0.1, -0.05) is 0 Å². The van der Waals surface area contributed by atoms with E-state index in [4.69, 9.17) is 9.47 Å². The molecular weight excluding hydrogens is 232 g/mol. The summed E-state index contributed by atoms with van der Waals surface area (Å²) >= 11 is 0. The van der Waals surface area contributed by atoms with Crippen LogP contribution in [0.3, 0.4) is 0 Å². The van der Waals surface area contributed by atoms with Crippen LogP contribution < -0.4 is 4.74 Å². The number of halogens is 2. The Balaban J connectivity index is 2.01. The van der Waals surface area contributed by atoms with Crippen LogP contribution in [-0.4, -0.2) is 37.3 Å². The lowest BCUT2D eigenvalue weighted by Gasteiger charge is -2.25.